The third-order valence-corrected chi connectivity index (χ3v) is 4.96. The van der Waals surface area contributed by atoms with Crippen LogP contribution in [0.15, 0.2) is 78.4 Å². The number of hydrogen-bond acceptors (Lipinski definition) is 6. The Balaban J connectivity index is 1.55. The number of nitrogens with one attached hydrogen (secondary N) is 1. The number of rotatable bonds is 6. The monoisotopic (exact) mass is 444 g/mol. The van der Waals surface area contributed by atoms with Crippen LogP contribution in [0.25, 0.3) is 6.08 Å². The van der Waals surface area contributed by atoms with Crippen LogP contribution in [0.2, 0.25) is 0 Å². The Morgan fingerprint density at radius 3 is 2.39 bits per heavy atom. The molecule has 1 saturated heterocycles. The fourth-order valence-corrected chi connectivity index (χ4v) is 3.27. The predicted molar refractivity (Wildman–Crippen MR) is 121 cm³/mol. The maximum atomic E-state index is 13.0. The van der Waals surface area contributed by atoms with Crippen molar-refractivity contribution in [3.05, 3.63) is 89.5 Å². The van der Waals surface area contributed by atoms with E-state index in [1.165, 1.54) is 31.4 Å². The largest absolute Gasteiger partial charge is 0.504 e. The van der Waals surface area contributed by atoms with Crippen LogP contribution in [-0.2, 0) is 16.2 Å². The summed E-state index contributed by atoms with van der Waals surface area (Å²) in [5.74, 6) is -0.905. The van der Waals surface area contributed by atoms with Gasteiger partial charge < -0.3 is 14.6 Å². The quantitative estimate of drug-likeness (QED) is 0.444. The number of barbiturate groups is 1. The smallest absolute Gasteiger partial charge is 0.335 e. The van der Waals surface area contributed by atoms with E-state index in [0.717, 1.165) is 10.5 Å². The topological polar surface area (TPSA) is 105 Å². The van der Waals surface area contributed by atoms with Crippen molar-refractivity contribution in [2.24, 2.45) is 0 Å². The summed E-state index contributed by atoms with van der Waals surface area (Å²) in [6, 6.07) is 19.6. The van der Waals surface area contributed by atoms with Crippen LogP contribution in [0.3, 0.4) is 0 Å². The van der Waals surface area contributed by atoms with E-state index in [1.54, 1.807) is 24.3 Å². The Bertz CT molecular complexity index is 1240. The Labute approximate surface area is 189 Å². The third-order valence-electron chi connectivity index (χ3n) is 4.96. The van der Waals surface area contributed by atoms with Gasteiger partial charge >= 0.3 is 6.03 Å². The van der Waals surface area contributed by atoms with Gasteiger partial charge in [0.05, 0.1) is 12.8 Å². The molecule has 0 unspecified atom stereocenters. The summed E-state index contributed by atoms with van der Waals surface area (Å²) in [6.45, 7) is 0.376. The molecule has 2 N–H and O–H groups in total. The minimum atomic E-state index is -0.844. The molecule has 0 aliphatic carbocycles. The van der Waals surface area contributed by atoms with E-state index in [0.29, 0.717) is 17.9 Å². The molecule has 1 fully saturated rings. The third kappa shape index (κ3) is 4.69. The van der Waals surface area contributed by atoms with Crippen molar-refractivity contribution >= 4 is 29.6 Å². The van der Waals surface area contributed by atoms with Crippen molar-refractivity contribution in [3.8, 4) is 17.2 Å². The molecule has 8 heteroatoms. The van der Waals surface area contributed by atoms with E-state index in [9.17, 15) is 19.5 Å². The standard InChI is InChI=1S/C25H20N2O6/c1-32-22-14-17(7-12-21(22)28)13-20-23(29)26-25(31)27(24(20)30)18-8-10-19(11-9-18)33-15-16-5-3-2-4-6-16/h2-14,28H,15H2,1H3,(H,26,29,31)/b20-13+. The van der Waals surface area contributed by atoms with Crippen molar-refractivity contribution in [2.75, 3.05) is 12.0 Å². The fraction of sp³-hybridized carbons (Fsp3) is 0.0800. The molecule has 1 heterocycles. The Morgan fingerprint density at radius 2 is 1.70 bits per heavy atom. The Kier molecular flexibility index (Phi) is 6.08. The number of urea groups is 1. The number of amides is 4. The highest BCUT2D eigenvalue weighted by atomic mass is 16.5. The lowest BCUT2D eigenvalue weighted by atomic mass is 10.1. The summed E-state index contributed by atoms with van der Waals surface area (Å²) in [7, 11) is 1.39. The molecule has 3 aromatic carbocycles. The molecule has 3 aromatic rings. The number of imide groups is 2. The molecule has 4 rings (SSSR count). The molecule has 33 heavy (non-hydrogen) atoms. The molecule has 0 bridgehead atoms. The minimum Gasteiger partial charge on any atom is -0.504 e. The summed E-state index contributed by atoms with van der Waals surface area (Å²) in [4.78, 5) is 38.7. The molecule has 166 valence electrons. The molecule has 0 saturated carbocycles. The number of ether oxygens (including phenoxy) is 2. The lowest BCUT2D eigenvalue weighted by Gasteiger charge is -2.26. The van der Waals surface area contributed by atoms with E-state index in [1.807, 2.05) is 30.3 Å². The maximum absolute atomic E-state index is 13.0. The number of carbonyl (C=O) groups is 3. The first-order valence-corrected chi connectivity index (χ1v) is 10.0. The maximum Gasteiger partial charge on any atom is 0.335 e. The van der Waals surface area contributed by atoms with E-state index < -0.39 is 17.8 Å². The second kappa shape index (κ2) is 9.27. The summed E-state index contributed by atoms with van der Waals surface area (Å²) >= 11 is 0. The molecular weight excluding hydrogens is 424 g/mol. The summed E-state index contributed by atoms with van der Waals surface area (Å²) < 4.78 is 10.8. The van der Waals surface area contributed by atoms with Crippen LogP contribution < -0.4 is 19.7 Å². The van der Waals surface area contributed by atoms with Crippen LogP contribution in [-0.4, -0.2) is 30.1 Å². The van der Waals surface area contributed by atoms with Gasteiger partial charge in [-0.05, 0) is 53.6 Å². The second-order valence-corrected chi connectivity index (χ2v) is 7.16. The number of anilines is 1. The summed E-state index contributed by atoms with van der Waals surface area (Å²) in [6.07, 6.45) is 1.33. The number of methoxy groups -OCH3 is 1. The lowest BCUT2D eigenvalue weighted by molar-refractivity contribution is -0.122. The molecule has 0 radical (unpaired) electrons. The van der Waals surface area contributed by atoms with E-state index in [4.69, 9.17) is 9.47 Å². The zero-order chi connectivity index (χ0) is 23.4. The van der Waals surface area contributed by atoms with Gasteiger partial charge in [-0.15, -0.1) is 0 Å². The lowest BCUT2D eigenvalue weighted by Crippen LogP contribution is -2.54. The van der Waals surface area contributed by atoms with Crippen LogP contribution >= 0.6 is 0 Å². The molecule has 0 atom stereocenters. The average Bonchev–Trinajstić information content (AvgIpc) is 2.82. The highest BCUT2D eigenvalue weighted by molar-refractivity contribution is 6.39. The fourth-order valence-electron chi connectivity index (χ4n) is 3.27. The zero-order valence-corrected chi connectivity index (χ0v) is 17.6. The average molecular weight is 444 g/mol. The van der Waals surface area contributed by atoms with Gasteiger partial charge in [-0.25, -0.2) is 9.69 Å². The number of benzene rings is 3. The summed E-state index contributed by atoms with van der Waals surface area (Å²) in [5, 5.41) is 11.9. The van der Waals surface area contributed by atoms with Gasteiger partial charge in [0.25, 0.3) is 11.8 Å². The van der Waals surface area contributed by atoms with Crippen LogP contribution in [0.1, 0.15) is 11.1 Å². The van der Waals surface area contributed by atoms with E-state index >= 15 is 0 Å². The predicted octanol–water partition coefficient (Wildman–Crippen LogP) is 3.65. The van der Waals surface area contributed by atoms with Crippen molar-refractivity contribution in [1.82, 2.24) is 5.32 Å². The van der Waals surface area contributed by atoms with E-state index in [-0.39, 0.29) is 22.8 Å². The Morgan fingerprint density at radius 1 is 0.970 bits per heavy atom. The van der Waals surface area contributed by atoms with Gasteiger partial charge in [-0.1, -0.05) is 36.4 Å². The number of aromatic hydroxyl groups is 1. The molecule has 8 nitrogen and oxygen atoms in total. The number of hydrogen-bond donors (Lipinski definition) is 2. The van der Waals surface area contributed by atoms with Gasteiger partial charge in [-0.2, -0.15) is 0 Å². The van der Waals surface area contributed by atoms with E-state index in [2.05, 4.69) is 5.32 Å². The SMILES string of the molecule is COc1cc(/C=C2\C(=O)NC(=O)N(c3ccc(OCc4ccccc4)cc3)C2=O)ccc1O. The minimum absolute atomic E-state index is 0.0783. The zero-order valence-electron chi connectivity index (χ0n) is 17.6. The molecule has 1 aliphatic rings. The molecular formula is C25H20N2O6. The Hall–Kier alpha value is -4.59. The van der Waals surface area contributed by atoms with Crippen molar-refractivity contribution < 1.29 is 29.0 Å². The van der Waals surface area contributed by atoms with Gasteiger partial charge in [0.15, 0.2) is 11.5 Å². The second-order valence-electron chi connectivity index (χ2n) is 7.16. The number of phenols is 1. The molecule has 1 aliphatic heterocycles. The number of nitrogens with zero attached hydrogens (tertiary/aromatic N) is 1. The van der Waals surface area contributed by atoms with Crippen molar-refractivity contribution in [2.45, 2.75) is 6.61 Å². The number of phenolic OH excluding ortho intramolecular Hbond substituents is 1. The first kappa shape index (κ1) is 21.6. The van der Waals surface area contributed by atoms with Crippen LogP contribution in [0.4, 0.5) is 10.5 Å². The normalized spacial score (nSPS) is 14.9. The highest BCUT2D eigenvalue weighted by Gasteiger charge is 2.36. The van der Waals surface area contributed by atoms with Gasteiger partial charge in [0.2, 0.25) is 0 Å². The highest BCUT2D eigenvalue weighted by Crippen LogP contribution is 2.29. The molecule has 0 spiro atoms. The van der Waals surface area contributed by atoms with Crippen LogP contribution in [0.5, 0.6) is 17.2 Å². The van der Waals surface area contributed by atoms with Crippen molar-refractivity contribution in [1.29, 1.82) is 0 Å². The van der Waals surface area contributed by atoms with Gasteiger partial charge in [0, 0.05) is 0 Å². The van der Waals surface area contributed by atoms with Crippen LogP contribution in [0, 0.1) is 0 Å². The van der Waals surface area contributed by atoms with Crippen molar-refractivity contribution in [3.63, 3.8) is 0 Å². The first-order chi connectivity index (χ1) is 16.0. The molecule has 4 amide bonds. The first-order valence-electron chi connectivity index (χ1n) is 10.0. The van der Waals surface area contributed by atoms with Gasteiger partial charge in [0.1, 0.15) is 17.9 Å². The summed E-state index contributed by atoms with van der Waals surface area (Å²) in [5.41, 5.74) is 1.51. The van der Waals surface area contributed by atoms with Gasteiger partial charge in [-0.3, -0.25) is 14.9 Å². The number of carbonyl (C=O) groups excluding carboxylic acids is 3. The molecule has 0 aromatic heterocycles.